The van der Waals surface area contributed by atoms with Crippen LogP contribution < -0.4 is 0 Å². The average Bonchev–Trinajstić information content (AvgIpc) is 3.33. The Bertz CT molecular complexity index is 843. The Labute approximate surface area is 167 Å². The van der Waals surface area contributed by atoms with Gasteiger partial charge in [0.1, 0.15) is 0 Å². The third kappa shape index (κ3) is 3.80. The van der Waals surface area contributed by atoms with Crippen LogP contribution >= 0.6 is 0 Å². The third-order valence-corrected chi connectivity index (χ3v) is 6.55. The van der Waals surface area contributed by atoms with Crippen LogP contribution in [0.15, 0.2) is 30.5 Å². The van der Waals surface area contributed by atoms with Crippen molar-refractivity contribution < 1.29 is 9.59 Å². The maximum atomic E-state index is 13.4. The number of aromatic amines is 1. The number of aromatic nitrogens is 1. The molecule has 1 aliphatic carbocycles. The van der Waals surface area contributed by atoms with E-state index < -0.39 is 0 Å². The fourth-order valence-electron chi connectivity index (χ4n) is 5.00. The van der Waals surface area contributed by atoms with E-state index in [1.807, 2.05) is 36.3 Å². The molecule has 28 heavy (non-hydrogen) atoms. The van der Waals surface area contributed by atoms with Gasteiger partial charge in [-0.2, -0.15) is 0 Å². The van der Waals surface area contributed by atoms with Crippen molar-refractivity contribution in [3.05, 3.63) is 36.0 Å². The van der Waals surface area contributed by atoms with Gasteiger partial charge in [0, 0.05) is 43.3 Å². The van der Waals surface area contributed by atoms with Gasteiger partial charge in [0.25, 0.3) is 0 Å². The SMILES string of the molecule is CN1CCCCCCN(C(=O)Cc2c[nH]c3ccccc23)[C@H]2CCC[C@H]2C1=O. The number of H-pyrrole nitrogens is 1. The average molecular weight is 382 g/mol. The molecule has 0 bridgehead atoms. The summed E-state index contributed by atoms with van der Waals surface area (Å²) < 4.78 is 0. The van der Waals surface area contributed by atoms with Crippen LogP contribution in [0.5, 0.6) is 0 Å². The molecule has 1 saturated heterocycles. The lowest BCUT2D eigenvalue weighted by Gasteiger charge is -2.34. The molecule has 0 spiro atoms. The van der Waals surface area contributed by atoms with E-state index in [-0.39, 0.29) is 23.8 Å². The van der Waals surface area contributed by atoms with Crippen LogP contribution in [0.4, 0.5) is 0 Å². The number of hydrogen-bond acceptors (Lipinski definition) is 2. The van der Waals surface area contributed by atoms with Crippen molar-refractivity contribution in [3.8, 4) is 0 Å². The number of nitrogens with zero attached hydrogens (tertiary/aromatic N) is 2. The molecule has 1 aromatic carbocycles. The number of para-hydroxylation sites is 1. The highest BCUT2D eigenvalue weighted by Crippen LogP contribution is 2.33. The molecule has 2 heterocycles. The molecule has 2 atom stereocenters. The Morgan fingerprint density at radius 3 is 2.71 bits per heavy atom. The molecule has 0 radical (unpaired) electrons. The number of fused-ring (bicyclic) bond motifs is 2. The Hall–Kier alpha value is -2.30. The zero-order chi connectivity index (χ0) is 19.5. The second-order valence-electron chi connectivity index (χ2n) is 8.40. The largest absolute Gasteiger partial charge is 0.361 e. The van der Waals surface area contributed by atoms with Gasteiger partial charge in [0.2, 0.25) is 11.8 Å². The zero-order valence-electron chi connectivity index (χ0n) is 16.8. The van der Waals surface area contributed by atoms with E-state index in [4.69, 9.17) is 0 Å². The number of carbonyl (C=O) groups is 2. The Kier molecular flexibility index (Phi) is 5.69. The maximum absolute atomic E-state index is 13.4. The van der Waals surface area contributed by atoms with Crippen LogP contribution in [0.2, 0.25) is 0 Å². The molecule has 2 fully saturated rings. The van der Waals surface area contributed by atoms with Gasteiger partial charge in [-0.3, -0.25) is 9.59 Å². The van der Waals surface area contributed by atoms with Gasteiger partial charge >= 0.3 is 0 Å². The monoisotopic (exact) mass is 381 g/mol. The minimum absolute atomic E-state index is 0.0324. The van der Waals surface area contributed by atoms with Crippen molar-refractivity contribution >= 4 is 22.7 Å². The summed E-state index contributed by atoms with van der Waals surface area (Å²) in [6, 6.07) is 8.18. The quantitative estimate of drug-likeness (QED) is 0.861. The normalized spacial score (nSPS) is 24.2. The Balaban J connectivity index is 1.57. The highest BCUT2D eigenvalue weighted by atomic mass is 16.2. The van der Waals surface area contributed by atoms with Gasteiger partial charge in [-0.15, -0.1) is 0 Å². The first-order valence-corrected chi connectivity index (χ1v) is 10.7. The highest BCUT2D eigenvalue weighted by molar-refractivity contribution is 5.89. The fourth-order valence-corrected chi connectivity index (χ4v) is 5.00. The predicted octanol–water partition coefficient (Wildman–Crippen LogP) is 3.74. The summed E-state index contributed by atoms with van der Waals surface area (Å²) in [4.78, 5) is 33.6. The van der Waals surface area contributed by atoms with E-state index in [0.29, 0.717) is 6.42 Å². The van der Waals surface area contributed by atoms with Crippen molar-refractivity contribution in [2.24, 2.45) is 5.92 Å². The van der Waals surface area contributed by atoms with Crippen LogP contribution in [0.3, 0.4) is 0 Å². The van der Waals surface area contributed by atoms with E-state index in [1.165, 1.54) is 0 Å². The summed E-state index contributed by atoms with van der Waals surface area (Å²) in [5.41, 5.74) is 2.12. The zero-order valence-corrected chi connectivity index (χ0v) is 16.8. The molecule has 1 aromatic heterocycles. The lowest BCUT2D eigenvalue weighted by atomic mass is 9.99. The minimum Gasteiger partial charge on any atom is -0.361 e. The molecule has 0 unspecified atom stereocenters. The van der Waals surface area contributed by atoms with E-state index in [9.17, 15) is 9.59 Å². The molecule has 1 saturated carbocycles. The lowest BCUT2D eigenvalue weighted by molar-refractivity contribution is -0.140. The van der Waals surface area contributed by atoms with Crippen LogP contribution in [0.1, 0.15) is 50.5 Å². The summed E-state index contributed by atoms with van der Waals surface area (Å²) in [6.45, 7) is 1.62. The minimum atomic E-state index is -0.0324. The second-order valence-corrected chi connectivity index (χ2v) is 8.40. The standard InChI is InChI=1S/C23H31N3O2/c1-25-13-6-2-3-7-14-26(21-12-8-10-19(21)23(25)28)22(27)15-17-16-24-20-11-5-4-9-18(17)20/h4-5,9,11,16,19,21,24H,2-3,6-8,10,12-15H2,1H3/t19-,21+/m1/s1. The molecular weight excluding hydrogens is 350 g/mol. The van der Waals surface area contributed by atoms with Gasteiger partial charge in [0.15, 0.2) is 0 Å². The van der Waals surface area contributed by atoms with Gasteiger partial charge in [-0.25, -0.2) is 0 Å². The molecule has 5 nitrogen and oxygen atoms in total. The Morgan fingerprint density at radius 1 is 1.07 bits per heavy atom. The summed E-state index contributed by atoms with van der Waals surface area (Å²) in [5.74, 6) is 0.362. The first-order chi connectivity index (χ1) is 13.6. The third-order valence-electron chi connectivity index (χ3n) is 6.55. The smallest absolute Gasteiger partial charge is 0.227 e. The molecule has 4 rings (SSSR count). The van der Waals surface area contributed by atoms with Crippen molar-refractivity contribution in [2.45, 2.75) is 57.4 Å². The molecule has 1 aliphatic heterocycles. The van der Waals surface area contributed by atoms with E-state index in [2.05, 4.69) is 16.0 Å². The van der Waals surface area contributed by atoms with Gasteiger partial charge in [-0.05, 0) is 37.3 Å². The van der Waals surface area contributed by atoms with Crippen molar-refractivity contribution in [1.29, 1.82) is 0 Å². The molecule has 2 amide bonds. The first kappa shape index (κ1) is 19.0. The van der Waals surface area contributed by atoms with Crippen molar-refractivity contribution in [1.82, 2.24) is 14.8 Å². The number of rotatable bonds is 2. The second kappa shape index (κ2) is 8.38. The van der Waals surface area contributed by atoms with Crippen molar-refractivity contribution in [2.75, 3.05) is 20.1 Å². The fraction of sp³-hybridized carbons (Fsp3) is 0.565. The number of nitrogens with one attached hydrogen (secondary N) is 1. The summed E-state index contributed by atoms with van der Waals surface area (Å²) in [5, 5.41) is 1.12. The van der Waals surface area contributed by atoms with E-state index in [0.717, 1.165) is 74.5 Å². The van der Waals surface area contributed by atoms with E-state index >= 15 is 0 Å². The maximum Gasteiger partial charge on any atom is 0.227 e. The van der Waals surface area contributed by atoms with E-state index in [1.54, 1.807) is 0 Å². The van der Waals surface area contributed by atoms with Gasteiger partial charge < -0.3 is 14.8 Å². The molecule has 1 N–H and O–H groups in total. The molecule has 2 aromatic rings. The number of amides is 2. The lowest BCUT2D eigenvalue weighted by Crippen LogP contribution is -2.48. The van der Waals surface area contributed by atoms with Crippen molar-refractivity contribution in [3.63, 3.8) is 0 Å². The first-order valence-electron chi connectivity index (χ1n) is 10.7. The molecule has 5 heteroatoms. The molecule has 150 valence electrons. The van der Waals surface area contributed by atoms with Crippen LogP contribution in [-0.2, 0) is 16.0 Å². The Morgan fingerprint density at radius 2 is 1.86 bits per heavy atom. The molecular formula is C23H31N3O2. The summed E-state index contributed by atoms with van der Waals surface area (Å²) in [7, 11) is 1.92. The summed E-state index contributed by atoms with van der Waals surface area (Å²) >= 11 is 0. The van der Waals surface area contributed by atoms with Gasteiger partial charge in [-0.1, -0.05) is 37.5 Å². The molecule has 2 aliphatic rings. The van der Waals surface area contributed by atoms with Crippen LogP contribution in [0, 0.1) is 5.92 Å². The predicted molar refractivity (Wildman–Crippen MR) is 111 cm³/mol. The summed E-state index contributed by atoms with van der Waals surface area (Å²) in [6.07, 6.45) is 9.58. The van der Waals surface area contributed by atoms with Gasteiger partial charge in [0.05, 0.1) is 12.3 Å². The number of hydrogen-bond donors (Lipinski definition) is 1. The number of carbonyl (C=O) groups excluding carboxylic acids is 2. The van der Waals surface area contributed by atoms with Crippen LogP contribution in [0.25, 0.3) is 10.9 Å². The highest BCUT2D eigenvalue weighted by Gasteiger charge is 2.39. The van der Waals surface area contributed by atoms with Crippen LogP contribution in [-0.4, -0.2) is 52.8 Å². The number of benzene rings is 1. The topological polar surface area (TPSA) is 56.4 Å².